The highest BCUT2D eigenvalue weighted by atomic mass is 35.5. The van der Waals surface area contributed by atoms with Gasteiger partial charge >= 0.3 is 0 Å². The zero-order chi connectivity index (χ0) is 18.6. The number of anilines is 1. The minimum Gasteiger partial charge on any atom is -0.454 e. The maximum Gasteiger partial charge on any atom is 0.279 e. The summed E-state index contributed by atoms with van der Waals surface area (Å²) in [6.07, 6.45) is 0. The SMILES string of the molecule is O=C(C[NH+]1CC[NH+](Cc2ccc3c(c2)OCO3)CC1)Nc1ccccc1Cl. The number of nitrogens with one attached hydrogen (secondary N) is 3. The molecule has 0 atom stereocenters. The van der Waals surface area contributed by atoms with E-state index in [1.165, 1.54) is 15.4 Å². The van der Waals surface area contributed by atoms with Crippen LogP contribution in [0.15, 0.2) is 42.5 Å². The Labute approximate surface area is 163 Å². The van der Waals surface area contributed by atoms with Crippen LogP contribution in [0.5, 0.6) is 11.5 Å². The molecule has 1 saturated heterocycles. The quantitative estimate of drug-likeness (QED) is 0.674. The number of ether oxygens (including phenoxy) is 2. The second kappa shape index (κ2) is 8.17. The molecular formula is C20H24ClN3O3+2. The number of para-hydroxylation sites is 1. The molecule has 2 aromatic carbocycles. The minimum atomic E-state index is 0.0114. The van der Waals surface area contributed by atoms with Gasteiger partial charge < -0.3 is 24.6 Å². The van der Waals surface area contributed by atoms with Gasteiger partial charge in [-0.2, -0.15) is 0 Å². The molecule has 3 N–H and O–H groups in total. The Balaban J connectivity index is 1.24. The van der Waals surface area contributed by atoms with E-state index in [0.717, 1.165) is 44.2 Å². The van der Waals surface area contributed by atoms with Crippen LogP contribution in [0, 0.1) is 0 Å². The summed E-state index contributed by atoms with van der Waals surface area (Å²) in [5.74, 6) is 1.68. The predicted octanol–water partition coefficient (Wildman–Crippen LogP) is -0.00920. The van der Waals surface area contributed by atoms with Crippen LogP contribution in [0.4, 0.5) is 5.69 Å². The zero-order valence-electron chi connectivity index (χ0n) is 15.1. The molecule has 0 aromatic heterocycles. The van der Waals surface area contributed by atoms with Gasteiger partial charge in [-0.25, -0.2) is 0 Å². The Morgan fingerprint density at radius 1 is 1.00 bits per heavy atom. The average molecular weight is 390 g/mol. The first-order chi connectivity index (χ1) is 13.2. The van der Waals surface area contributed by atoms with E-state index < -0.39 is 0 Å². The first kappa shape index (κ1) is 18.1. The fourth-order valence-corrected chi connectivity index (χ4v) is 3.82. The van der Waals surface area contributed by atoms with Gasteiger partial charge in [0.2, 0.25) is 6.79 Å². The first-order valence-electron chi connectivity index (χ1n) is 9.27. The van der Waals surface area contributed by atoms with Gasteiger partial charge in [0, 0.05) is 5.56 Å². The van der Waals surface area contributed by atoms with Gasteiger partial charge in [0.25, 0.3) is 5.91 Å². The molecule has 142 valence electrons. The van der Waals surface area contributed by atoms with Crippen LogP contribution in [0.25, 0.3) is 0 Å². The lowest BCUT2D eigenvalue weighted by Gasteiger charge is -2.29. The number of rotatable bonds is 5. The Hall–Kier alpha value is -2.28. The average Bonchev–Trinajstić information content (AvgIpc) is 3.13. The van der Waals surface area contributed by atoms with E-state index in [1.54, 1.807) is 6.07 Å². The Morgan fingerprint density at radius 3 is 2.56 bits per heavy atom. The number of fused-ring (bicyclic) bond motifs is 1. The molecule has 0 bridgehead atoms. The summed E-state index contributed by atoms with van der Waals surface area (Å²) in [5.41, 5.74) is 1.93. The Bertz CT molecular complexity index is 822. The number of amides is 1. The lowest BCUT2D eigenvalue weighted by Crippen LogP contribution is -3.28. The van der Waals surface area contributed by atoms with Crippen molar-refractivity contribution in [3.63, 3.8) is 0 Å². The smallest absolute Gasteiger partial charge is 0.279 e. The Morgan fingerprint density at radius 2 is 1.74 bits per heavy atom. The number of benzene rings is 2. The molecule has 27 heavy (non-hydrogen) atoms. The molecule has 1 amide bonds. The highest BCUT2D eigenvalue weighted by Crippen LogP contribution is 2.32. The maximum atomic E-state index is 12.3. The van der Waals surface area contributed by atoms with Gasteiger partial charge in [-0.1, -0.05) is 23.7 Å². The van der Waals surface area contributed by atoms with E-state index in [0.29, 0.717) is 24.0 Å². The molecule has 0 spiro atoms. The monoisotopic (exact) mass is 389 g/mol. The second-order valence-electron chi connectivity index (χ2n) is 7.07. The van der Waals surface area contributed by atoms with Crippen molar-refractivity contribution in [1.29, 1.82) is 0 Å². The van der Waals surface area contributed by atoms with Crippen LogP contribution in [0.2, 0.25) is 5.02 Å². The number of halogens is 1. The topological polar surface area (TPSA) is 56.4 Å². The van der Waals surface area contributed by atoms with Crippen molar-refractivity contribution >= 4 is 23.2 Å². The molecule has 2 aromatic rings. The van der Waals surface area contributed by atoms with Crippen LogP contribution in [-0.4, -0.2) is 45.4 Å². The molecule has 0 radical (unpaired) electrons. The molecule has 6 nitrogen and oxygen atoms in total. The number of hydrogen-bond donors (Lipinski definition) is 3. The van der Waals surface area contributed by atoms with Crippen LogP contribution < -0.4 is 24.6 Å². The van der Waals surface area contributed by atoms with E-state index in [4.69, 9.17) is 21.1 Å². The predicted molar refractivity (Wildman–Crippen MR) is 103 cm³/mol. The fraction of sp³-hybridized carbons (Fsp3) is 0.350. The largest absolute Gasteiger partial charge is 0.454 e. The van der Waals surface area contributed by atoms with Crippen molar-refractivity contribution in [3.8, 4) is 11.5 Å². The van der Waals surface area contributed by atoms with Gasteiger partial charge in [-0.3, -0.25) is 4.79 Å². The molecule has 1 fully saturated rings. The van der Waals surface area contributed by atoms with Crippen molar-refractivity contribution in [2.45, 2.75) is 6.54 Å². The van der Waals surface area contributed by atoms with Crippen LogP contribution >= 0.6 is 11.6 Å². The highest BCUT2D eigenvalue weighted by molar-refractivity contribution is 6.33. The summed E-state index contributed by atoms with van der Waals surface area (Å²) < 4.78 is 10.8. The molecule has 7 heteroatoms. The van der Waals surface area contributed by atoms with Crippen molar-refractivity contribution in [3.05, 3.63) is 53.1 Å². The maximum absolute atomic E-state index is 12.3. The third-order valence-corrected chi connectivity index (χ3v) is 5.44. The molecule has 2 heterocycles. The summed E-state index contributed by atoms with van der Waals surface area (Å²) >= 11 is 6.10. The fourth-order valence-electron chi connectivity index (χ4n) is 3.63. The summed E-state index contributed by atoms with van der Waals surface area (Å²) in [7, 11) is 0. The van der Waals surface area contributed by atoms with Crippen molar-refractivity contribution < 1.29 is 24.1 Å². The highest BCUT2D eigenvalue weighted by Gasteiger charge is 2.25. The number of carbonyl (C=O) groups is 1. The lowest BCUT2D eigenvalue weighted by atomic mass is 10.1. The molecule has 2 aliphatic heterocycles. The summed E-state index contributed by atoms with van der Waals surface area (Å²) in [6.45, 7) is 5.81. The summed E-state index contributed by atoms with van der Waals surface area (Å²) in [4.78, 5) is 15.1. The van der Waals surface area contributed by atoms with E-state index in [9.17, 15) is 4.79 Å². The third-order valence-electron chi connectivity index (χ3n) is 5.11. The second-order valence-corrected chi connectivity index (χ2v) is 7.48. The number of piperazine rings is 1. The molecule has 2 aliphatic rings. The van der Waals surface area contributed by atoms with Gasteiger partial charge in [-0.15, -0.1) is 0 Å². The van der Waals surface area contributed by atoms with Crippen LogP contribution in [0.1, 0.15) is 5.56 Å². The van der Waals surface area contributed by atoms with Gasteiger partial charge in [0.05, 0.1) is 10.7 Å². The summed E-state index contributed by atoms with van der Waals surface area (Å²) in [6, 6.07) is 13.5. The van der Waals surface area contributed by atoms with E-state index in [1.807, 2.05) is 24.3 Å². The van der Waals surface area contributed by atoms with Crippen LogP contribution in [-0.2, 0) is 11.3 Å². The van der Waals surface area contributed by atoms with Gasteiger partial charge in [0.1, 0.15) is 32.7 Å². The summed E-state index contributed by atoms with van der Waals surface area (Å²) in [5, 5.41) is 3.48. The van der Waals surface area contributed by atoms with E-state index in [-0.39, 0.29) is 5.91 Å². The van der Waals surface area contributed by atoms with Crippen molar-refractivity contribution in [1.82, 2.24) is 0 Å². The molecule has 0 aliphatic carbocycles. The van der Waals surface area contributed by atoms with E-state index >= 15 is 0 Å². The normalized spacial score (nSPS) is 21.1. The zero-order valence-corrected chi connectivity index (χ0v) is 15.8. The van der Waals surface area contributed by atoms with Crippen molar-refractivity contribution in [2.75, 3.05) is 44.8 Å². The molecule has 0 unspecified atom stereocenters. The lowest BCUT2D eigenvalue weighted by molar-refractivity contribution is -1.02. The third kappa shape index (κ3) is 4.53. The number of carbonyl (C=O) groups excluding carboxylic acids is 1. The minimum absolute atomic E-state index is 0.0114. The van der Waals surface area contributed by atoms with E-state index in [2.05, 4.69) is 17.4 Å². The van der Waals surface area contributed by atoms with Gasteiger partial charge in [0.15, 0.2) is 18.0 Å². The number of hydrogen-bond acceptors (Lipinski definition) is 3. The molecule has 4 rings (SSSR count). The first-order valence-corrected chi connectivity index (χ1v) is 9.65. The van der Waals surface area contributed by atoms with Gasteiger partial charge in [-0.05, 0) is 30.3 Å². The molecule has 0 saturated carbocycles. The Kier molecular flexibility index (Phi) is 5.48. The van der Waals surface area contributed by atoms with Crippen molar-refractivity contribution in [2.24, 2.45) is 0 Å². The van der Waals surface area contributed by atoms with Crippen LogP contribution in [0.3, 0.4) is 0 Å². The number of quaternary nitrogens is 2. The standard InChI is InChI=1S/C20H22ClN3O3/c21-16-3-1-2-4-17(16)22-20(25)13-24-9-7-23(8-10-24)12-15-5-6-18-19(11-15)27-14-26-18/h1-6,11H,7-10,12-14H2,(H,22,25)/p+2. The molecular weight excluding hydrogens is 366 g/mol.